The van der Waals surface area contributed by atoms with E-state index in [0.717, 1.165) is 36.2 Å². The second kappa shape index (κ2) is 8.64. The van der Waals surface area contributed by atoms with E-state index in [4.69, 9.17) is 5.11 Å². The first-order valence-electron chi connectivity index (χ1n) is 8.58. The Morgan fingerprint density at radius 3 is 2.71 bits per heavy atom. The van der Waals surface area contributed by atoms with Gasteiger partial charge in [0.25, 0.3) is 5.91 Å². The molecule has 24 heavy (non-hydrogen) atoms. The molecule has 2 aromatic rings. The molecule has 0 saturated carbocycles. The summed E-state index contributed by atoms with van der Waals surface area (Å²) in [5.74, 6) is 0.210. The average molecular weight is 329 g/mol. The highest BCUT2D eigenvalue weighted by Crippen LogP contribution is 2.17. The topological polar surface area (TPSA) is 67.2 Å². The molecular weight excluding hydrogens is 302 g/mol. The van der Waals surface area contributed by atoms with Gasteiger partial charge in [-0.1, -0.05) is 31.5 Å². The molecule has 0 aliphatic carbocycles. The number of rotatable bonds is 8. The number of aliphatic hydroxyl groups excluding tert-OH is 1. The number of aryl methyl sites for hydroxylation is 1. The van der Waals surface area contributed by atoms with Gasteiger partial charge in [0.2, 0.25) is 0 Å². The number of nitrogens with zero attached hydrogens (tertiary/aromatic N) is 2. The maximum absolute atomic E-state index is 12.5. The number of aromatic nitrogens is 2. The van der Waals surface area contributed by atoms with Gasteiger partial charge in [-0.25, -0.2) is 4.68 Å². The molecule has 1 heterocycles. The lowest BCUT2D eigenvalue weighted by Gasteiger charge is -2.15. The minimum absolute atomic E-state index is 0.105. The van der Waals surface area contributed by atoms with Gasteiger partial charge < -0.3 is 10.4 Å². The number of hydrogen-bond acceptors (Lipinski definition) is 3. The predicted molar refractivity (Wildman–Crippen MR) is 95.5 cm³/mol. The van der Waals surface area contributed by atoms with Crippen LogP contribution in [-0.2, 0) is 0 Å². The lowest BCUT2D eigenvalue weighted by molar-refractivity contribution is 0.0942. The van der Waals surface area contributed by atoms with Crippen molar-refractivity contribution in [2.75, 3.05) is 13.2 Å². The van der Waals surface area contributed by atoms with Crippen molar-refractivity contribution in [2.24, 2.45) is 5.92 Å². The zero-order chi connectivity index (χ0) is 17.5. The number of carbonyl (C=O) groups is 1. The summed E-state index contributed by atoms with van der Waals surface area (Å²) in [6.07, 6.45) is 4.39. The lowest BCUT2D eigenvalue weighted by Crippen LogP contribution is -2.30. The van der Waals surface area contributed by atoms with Crippen molar-refractivity contribution in [3.05, 3.63) is 47.3 Å². The predicted octanol–water partition coefficient (Wildman–Crippen LogP) is 3.02. The fourth-order valence-electron chi connectivity index (χ4n) is 2.95. The Kier molecular flexibility index (Phi) is 6.55. The molecule has 1 atom stereocenters. The minimum Gasteiger partial charge on any atom is -0.396 e. The van der Waals surface area contributed by atoms with Crippen LogP contribution >= 0.6 is 0 Å². The van der Waals surface area contributed by atoms with E-state index in [1.165, 1.54) is 0 Å². The first-order chi connectivity index (χ1) is 11.6. The van der Waals surface area contributed by atoms with Crippen molar-refractivity contribution in [2.45, 2.75) is 40.0 Å². The molecule has 1 aromatic carbocycles. The third-order valence-corrected chi connectivity index (χ3v) is 4.38. The zero-order valence-electron chi connectivity index (χ0n) is 14.7. The van der Waals surface area contributed by atoms with Crippen LogP contribution < -0.4 is 5.32 Å². The van der Waals surface area contributed by atoms with E-state index in [1.54, 1.807) is 6.20 Å². The molecule has 1 amide bonds. The molecule has 0 spiro atoms. The molecule has 0 saturated heterocycles. The monoisotopic (exact) mass is 329 g/mol. The first-order valence-corrected chi connectivity index (χ1v) is 8.58. The fraction of sp³-hybridized carbons (Fsp3) is 0.474. The summed E-state index contributed by atoms with van der Waals surface area (Å²) in [7, 11) is 0. The lowest BCUT2D eigenvalue weighted by atomic mass is 10.00. The van der Waals surface area contributed by atoms with Gasteiger partial charge in [-0.2, -0.15) is 5.10 Å². The van der Waals surface area contributed by atoms with Gasteiger partial charge in [-0.05, 0) is 44.2 Å². The van der Waals surface area contributed by atoms with Crippen LogP contribution in [0.5, 0.6) is 0 Å². The van der Waals surface area contributed by atoms with Crippen LogP contribution in [-0.4, -0.2) is 33.9 Å². The van der Waals surface area contributed by atoms with Gasteiger partial charge in [0.05, 0.1) is 23.1 Å². The van der Waals surface area contributed by atoms with E-state index < -0.39 is 0 Å². The van der Waals surface area contributed by atoms with Crippen molar-refractivity contribution in [3.8, 4) is 5.69 Å². The van der Waals surface area contributed by atoms with Crippen molar-refractivity contribution < 1.29 is 9.90 Å². The number of para-hydroxylation sites is 1. The van der Waals surface area contributed by atoms with Gasteiger partial charge in [0, 0.05) is 13.2 Å². The molecule has 5 heteroatoms. The number of hydrogen-bond donors (Lipinski definition) is 2. The molecular formula is C19H27N3O2. The van der Waals surface area contributed by atoms with E-state index in [0.29, 0.717) is 18.0 Å². The van der Waals surface area contributed by atoms with Crippen molar-refractivity contribution >= 4 is 5.91 Å². The number of benzene rings is 1. The Balaban J connectivity index is 2.10. The highest BCUT2D eigenvalue weighted by Gasteiger charge is 2.17. The van der Waals surface area contributed by atoms with Gasteiger partial charge in [0.15, 0.2) is 0 Å². The van der Waals surface area contributed by atoms with E-state index in [1.807, 2.05) is 42.8 Å². The third kappa shape index (κ3) is 4.23. The molecule has 0 bridgehead atoms. The summed E-state index contributed by atoms with van der Waals surface area (Å²) in [6.45, 7) is 6.79. The van der Waals surface area contributed by atoms with Crippen molar-refractivity contribution in [1.29, 1.82) is 0 Å². The molecule has 0 radical (unpaired) electrons. The largest absolute Gasteiger partial charge is 0.396 e. The summed E-state index contributed by atoms with van der Waals surface area (Å²) < 4.78 is 1.81. The second-order valence-electron chi connectivity index (χ2n) is 6.22. The van der Waals surface area contributed by atoms with Crippen LogP contribution in [0, 0.1) is 19.8 Å². The molecule has 1 aromatic heterocycles. The van der Waals surface area contributed by atoms with E-state index in [-0.39, 0.29) is 12.5 Å². The smallest absolute Gasteiger partial charge is 0.254 e. The first kappa shape index (κ1) is 18.2. The Hall–Kier alpha value is -2.14. The normalized spacial score (nSPS) is 12.2. The molecule has 130 valence electrons. The summed E-state index contributed by atoms with van der Waals surface area (Å²) in [5, 5.41) is 16.5. The zero-order valence-corrected chi connectivity index (χ0v) is 14.7. The van der Waals surface area contributed by atoms with E-state index in [2.05, 4.69) is 17.3 Å². The van der Waals surface area contributed by atoms with Gasteiger partial charge >= 0.3 is 0 Å². The SMILES string of the molecule is CCCC(CCO)CNC(=O)c1cnn(-c2ccccc2C)c1C. The van der Waals surface area contributed by atoms with Gasteiger partial charge in [-0.15, -0.1) is 0 Å². The third-order valence-electron chi connectivity index (χ3n) is 4.38. The van der Waals surface area contributed by atoms with Gasteiger partial charge in [0.1, 0.15) is 0 Å². The van der Waals surface area contributed by atoms with Crippen molar-refractivity contribution in [3.63, 3.8) is 0 Å². The standard InChI is InChI=1S/C19H27N3O2/c1-4-7-16(10-11-23)12-20-19(24)17-13-21-22(15(17)3)18-9-6-5-8-14(18)2/h5-6,8-9,13,16,23H,4,7,10-12H2,1-3H3,(H,20,24). The van der Waals surface area contributed by atoms with E-state index in [9.17, 15) is 4.79 Å². The number of carbonyl (C=O) groups excluding carboxylic acids is 1. The van der Waals surface area contributed by atoms with Crippen LogP contribution in [0.15, 0.2) is 30.5 Å². The maximum atomic E-state index is 12.5. The average Bonchev–Trinajstić information content (AvgIpc) is 2.95. The molecule has 2 N–H and O–H groups in total. The quantitative estimate of drug-likeness (QED) is 0.782. The van der Waals surface area contributed by atoms with Crippen LogP contribution in [0.3, 0.4) is 0 Å². The van der Waals surface area contributed by atoms with E-state index >= 15 is 0 Å². The number of nitrogens with one attached hydrogen (secondary N) is 1. The van der Waals surface area contributed by atoms with Crippen LogP contribution in [0.1, 0.15) is 47.8 Å². The Morgan fingerprint density at radius 1 is 1.29 bits per heavy atom. The molecule has 0 aliphatic rings. The summed E-state index contributed by atoms with van der Waals surface area (Å²) in [6, 6.07) is 7.98. The Labute approximate surface area is 143 Å². The molecule has 2 rings (SSSR count). The maximum Gasteiger partial charge on any atom is 0.254 e. The molecule has 5 nitrogen and oxygen atoms in total. The highest BCUT2D eigenvalue weighted by molar-refractivity contribution is 5.95. The number of aliphatic hydroxyl groups is 1. The van der Waals surface area contributed by atoms with Crippen LogP contribution in [0.2, 0.25) is 0 Å². The highest BCUT2D eigenvalue weighted by atomic mass is 16.3. The minimum atomic E-state index is -0.105. The molecule has 1 unspecified atom stereocenters. The van der Waals surface area contributed by atoms with Crippen LogP contribution in [0.4, 0.5) is 0 Å². The summed E-state index contributed by atoms with van der Waals surface area (Å²) in [4.78, 5) is 12.5. The number of amides is 1. The van der Waals surface area contributed by atoms with Gasteiger partial charge in [-0.3, -0.25) is 4.79 Å². The van der Waals surface area contributed by atoms with Crippen molar-refractivity contribution in [1.82, 2.24) is 15.1 Å². The summed E-state index contributed by atoms with van der Waals surface area (Å²) in [5.41, 5.74) is 3.52. The Morgan fingerprint density at radius 2 is 2.04 bits per heavy atom. The Bertz CT molecular complexity index is 673. The second-order valence-corrected chi connectivity index (χ2v) is 6.22. The molecule has 0 aliphatic heterocycles. The molecule has 0 fully saturated rings. The fourth-order valence-corrected chi connectivity index (χ4v) is 2.95. The van der Waals surface area contributed by atoms with Crippen LogP contribution in [0.25, 0.3) is 5.69 Å². The summed E-state index contributed by atoms with van der Waals surface area (Å²) >= 11 is 0.